The summed E-state index contributed by atoms with van der Waals surface area (Å²) in [6.45, 7) is 4.48. The molecule has 0 radical (unpaired) electrons. The van der Waals surface area contributed by atoms with Crippen molar-refractivity contribution >= 4 is 17.5 Å². The second-order valence-electron chi connectivity index (χ2n) is 6.56. The topological polar surface area (TPSA) is 46.6 Å². The molecule has 0 unspecified atom stereocenters. The molecule has 1 aliphatic heterocycles. The van der Waals surface area contributed by atoms with E-state index in [-0.39, 0.29) is 29.6 Å². The van der Waals surface area contributed by atoms with Crippen LogP contribution in [0.25, 0.3) is 0 Å². The molecular weight excluding hydrogens is 278 g/mol. The zero-order valence-electron chi connectivity index (χ0n) is 12.8. The quantitative estimate of drug-likeness (QED) is 0.636. The zero-order valence-corrected chi connectivity index (χ0v) is 12.8. The highest BCUT2D eigenvalue weighted by Crippen LogP contribution is 2.60. The minimum Gasteiger partial charge on any atom is -0.494 e. The standard InChI is InChI=1S/C18H19NO3/c1-3-22-14-8-6-13(7-9-14)19-16(20)15-11-4-5-12(10-11)18(15,2)17(19)21/h4-9,11-12,15H,3,10H2,1-2H3/t11-,12-,15-,18+/m0/s1. The maximum atomic E-state index is 13.0. The number of anilines is 1. The van der Waals surface area contributed by atoms with E-state index in [0.29, 0.717) is 12.3 Å². The molecule has 22 heavy (non-hydrogen) atoms. The van der Waals surface area contributed by atoms with Gasteiger partial charge in [-0.1, -0.05) is 12.2 Å². The first-order valence-corrected chi connectivity index (χ1v) is 7.87. The summed E-state index contributed by atoms with van der Waals surface area (Å²) in [6.07, 6.45) is 5.17. The van der Waals surface area contributed by atoms with Gasteiger partial charge in [0.1, 0.15) is 5.75 Å². The van der Waals surface area contributed by atoms with Gasteiger partial charge in [-0.15, -0.1) is 0 Å². The summed E-state index contributed by atoms with van der Waals surface area (Å²) in [5.74, 6) is 0.878. The van der Waals surface area contributed by atoms with Crippen LogP contribution in [0.4, 0.5) is 5.69 Å². The fourth-order valence-corrected chi connectivity index (χ4v) is 4.41. The van der Waals surface area contributed by atoms with Gasteiger partial charge in [0.25, 0.3) is 0 Å². The van der Waals surface area contributed by atoms with Crippen LogP contribution in [0.15, 0.2) is 36.4 Å². The van der Waals surface area contributed by atoms with Gasteiger partial charge in [0.2, 0.25) is 11.8 Å². The molecule has 2 aliphatic carbocycles. The van der Waals surface area contributed by atoms with Crippen LogP contribution < -0.4 is 9.64 Å². The SMILES string of the molecule is CCOc1ccc(N2C(=O)[C@@H]3[C@H]4C=C[C@@H](C4)[C@@]3(C)C2=O)cc1. The van der Waals surface area contributed by atoms with E-state index < -0.39 is 5.41 Å². The lowest BCUT2D eigenvalue weighted by Crippen LogP contribution is -2.37. The molecule has 3 aliphatic rings. The number of carbonyl (C=O) groups excluding carboxylic acids is 2. The molecular formula is C18H19NO3. The summed E-state index contributed by atoms with van der Waals surface area (Å²) in [6, 6.07) is 7.20. The van der Waals surface area contributed by atoms with E-state index in [9.17, 15) is 9.59 Å². The number of amides is 2. The molecule has 0 spiro atoms. The minimum atomic E-state index is -0.560. The zero-order chi connectivity index (χ0) is 15.5. The molecule has 2 amide bonds. The molecule has 2 fully saturated rings. The Balaban J connectivity index is 1.70. The fraction of sp³-hybridized carbons (Fsp3) is 0.444. The lowest BCUT2D eigenvalue weighted by Gasteiger charge is -2.28. The lowest BCUT2D eigenvalue weighted by molar-refractivity contribution is -0.127. The molecule has 0 aromatic heterocycles. The maximum Gasteiger partial charge on any atom is 0.241 e. The van der Waals surface area contributed by atoms with Crippen LogP contribution in [0, 0.1) is 23.2 Å². The largest absolute Gasteiger partial charge is 0.494 e. The number of carbonyl (C=O) groups is 2. The van der Waals surface area contributed by atoms with Crippen LogP contribution in [0.3, 0.4) is 0 Å². The summed E-state index contributed by atoms with van der Waals surface area (Å²) in [4.78, 5) is 27.2. The van der Waals surface area contributed by atoms with Gasteiger partial charge in [-0.05, 0) is 56.4 Å². The van der Waals surface area contributed by atoms with E-state index >= 15 is 0 Å². The van der Waals surface area contributed by atoms with Gasteiger partial charge in [0.15, 0.2) is 0 Å². The van der Waals surface area contributed by atoms with Crippen molar-refractivity contribution in [2.45, 2.75) is 20.3 Å². The Kier molecular flexibility index (Phi) is 2.74. The molecule has 1 saturated heterocycles. The molecule has 4 rings (SSSR count). The van der Waals surface area contributed by atoms with Gasteiger partial charge in [0.05, 0.1) is 23.6 Å². The third-order valence-electron chi connectivity index (χ3n) is 5.52. The van der Waals surface area contributed by atoms with E-state index in [4.69, 9.17) is 4.74 Å². The van der Waals surface area contributed by atoms with Crippen molar-refractivity contribution in [1.29, 1.82) is 0 Å². The summed E-state index contributed by atoms with van der Waals surface area (Å²) in [5.41, 5.74) is 0.0863. The van der Waals surface area contributed by atoms with E-state index in [1.807, 2.05) is 26.0 Å². The van der Waals surface area contributed by atoms with Crippen LogP contribution >= 0.6 is 0 Å². The number of allylic oxidation sites excluding steroid dienone is 2. The Bertz CT molecular complexity index is 678. The molecule has 1 saturated carbocycles. The Labute approximate surface area is 129 Å². The summed E-state index contributed by atoms with van der Waals surface area (Å²) >= 11 is 0. The van der Waals surface area contributed by atoms with Crippen LogP contribution in [0.5, 0.6) is 5.75 Å². The number of fused-ring (bicyclic) bond motifs is 5. The molecule has 4 heteroatoms. The van der Waals surface area contributed by atoms with Crippen LogP contribution in [0.1, 0.15) is 20.3 Å². The molecule has 1 aromatic carbocycles. The first-order valence-electron chi connectivity index (χ1n) is 7.87. The van der Waals surface area contributed by atoms with Crippen molar-refractivity contribution in [1.82, 2.24) is 0 Å². The van der Waals surface area contributed by atoms with E-state index in [0.717, 1.165) is 12.2 Å². The van der Waals surface area contributed by atoms with Crippen molar-refractivity contribution in [3.63, 3.8) is 0 Å². The molecule has 114 valence electrons. The normalized spacial score (nSPS) is 35.4. The van der Waals surface area contributed by atoms with Crippen molar-refractivity contribution in [3.8, 4) is 5.75 Å². The number of rotatable bonds is 3. The van der Waals surface area contributed by atoms with Crippen molar-refractivity contribution in [2.24, 2.45) is 23.2 Å². The molecule has 0 N–H and O–H groups in total. The van der Waals surface area contributed by atoms with Gasteiger partial charge in [-0.25, -0.2) is 4.90 Å². The van der Waals surface area contributed by atoms with Gasteiger partial charge in [0, 0.05) is 0 Å². The smallest absolute Gasteiger partial charge is 0.241 e. The van der Waals surface area contributed by atoms with Crippen molar-refractivity contribution < 1.29 is 14.3 Å². The third-order valence-corrected chi connectivity index (χ3v) is 5.52. The Morgan fingerprint density at radius 1 is 1.23 bits per heavy atom. The molecule has 4 nitrogen and oxygen atoms in total. The number of hydrogen-bond acceptors (Lipinski definition) is 3. The number of imide groups is 1. The monoisotopic (exact) mass is 297 g/mol. The maximum absolute atomic E-state index is 13.0. The van der Waals surface area contributed by atoms with Gasteiger partial charge < -0.3 is 4.74 Å². The number of nitrogens with zero attached hydrogens (tertiary/aromatic N) is 1. The average Bonchev–Trinajstić information content (AvgIpc) is 3.14. The average molecular weight is 297 g/mol. The number of benzene rings is 1. The highest BCUT2D eigenvalue weighted by atomic mass is 16.5. The number of ether oxygens (including phenoxy) is 1. The van der Waals surface area contributed by atoms with E-state index in [1.165, 1.54) is 4.90 Å². The summed E-state index contributed by atoms with van der Waals surface area (Å²) < 4.78 is 5.42. The Morgan fingerprint density at radius 2 is 1.95 bits per heavy atom. The second kappa shape index (κ2) is 4.45. The predicted molar refractivity (Wildman–Crippen MR) is 82.4 cm³/mol. The van der Waals surface area contributed by atoms with Gasteiger partial charge in [-0.2, -0.15) is 0 Å². The van der Waals surface area contributed by atoms with Crippen LogP contribution in [-0.4, -0.2) is 18.4 Å². The molecule has 1 aromatic rings. The summed E-state index contributed by atoms with van der Waals surface area (Å²) in [7, 11) is 0. The Hall–Kier alpha value is -2.10. The minimum absolute atomic E-state index is 0.0477. The van der Waals surface area contributed by atoms with Crippen LogP contribution in [0.2, 0.25) is 0 Å². The predicted octanol–water partition coefficient (Wildman–Crippen LogP) is 2.79. The summed E-state index contributed by atoms with van der Waals surface area (Å²) in [5, 5.41) is 0. The first-order chi connectivity index (χ1) is 10.6. The molecule has 1 heterocycles. The lowest BCUT2D eigenvalue weighted by atomic mass is 9.71. The van der Waals surface area contributed by atoms with Crippen molar-refractivity contribution in [2.75, 3.05) is 11.5 Å². The molecule has 4 atom stereocenters. The molecule has 2 bridgehead atoms. The van der Waals surface area contributed by atoms with Gasteiger partial charge >= 0.3 is 0 Å². The fourth-order valence-electron chi connectivity index (χ4n) is 4.41. The number of hydrogen-bond donors (Lipinski definition) is 0. The van der Waals surface area contributed by atoms with Crippen LogP contribution in [-0.2, 0) is 9.59 Å². The highest BCUT2D eigenvalue weighted by Gasteiger charge is 2.67. The Morgan fingerprint density at radius 3 is 2.59 bits per heavy atom. The van der Waals surface area contributed by atoms with Crippen molar-refractivity contribution in [3.05, 3.63) is 36.4 Å². The van der Waals surface area contributed by atoms with E-state index in [1.54, 1.807) is 12.1 Å². The van der Waals surface area contributed by atoms with E-state index in [2.05, 4.69) is 12.2 Å². The second-order valence-corrected chi connectivity index (χ2v) is 6.56. The third kappa shape index (κ3) is 1.52. The first kappa shape index (κ1) is 13.6. The highest BCUT2D eigenvalue weighted by molar-refractivity contribution is 6.24. The van der Waals surface area contributed by atoms with Gasteiger partial charge in [-0.3, -0.25) is 9.59 Å².